The summed E-state index contributed by atoms with van der Waals surface area (Å²) in [6.07, 6.45) is 7.34. The summed E-state index contributed by atoms with van der Waals surface area (Å²) in [7, 11) is 0. The Hall–Kier alpha value is -0.650. The van der Waals surface area contributed by atoms with Crippen LogP contribution in [0.2, 0.25) is 0 Å². The van der Waals surface area contributed by atoms with E-state index in [9.17, 15) is 9.90 Å². The van der Waals surface area contributed by atoms with Crippen LogP contribution in [0.3, 0.4) is 0 Å². The smallest absolute Gasteiger partial charge is 0.246 e. The molecule has 1 aliphatic carbocycles. The maximum Gasteiger partial charge on any atom is 0.246 e. The molecule has 0 radical (unpaired) electrons. The van der Waals surface area contributed by atoms with Gasteiger partial charge in [-0.15, -0.1) is 0 Å². The van der Waals surface area contributed by atoms with Gasteiger partial charge in [0.05, 0.1) is 11.2 Å². The molecule has 2 rings (SSSR count). The molecule has 2 fully saturated rings. The second-order valence-corrected chi connectivity index (χ2v) is 8.30. The van der Waals surface area contributed by atoms with Gasteiger partial charge in [0.25, 0.3) is 0 Å². The lowest BCUT2D eigenvalue weighted by molar-refractivity contribution is -0.131. The minimum Gasteiger partial charge on any atom is -0.389 e. The number of nitrogens with zero attached hydrogens (tertiary/aromatic N) is 1. The number of carbonyl (C=O) groups excluding carboxylic acids is 1. The molecule has 1 amide bonds. The fourth-order valence-electron chi connectivity index (χ4n) is 3.57. The maximum atomic E-state index is 11.9. The average Bonchev–Trinajstić information content (AvgIpc) is 2.47. The van der Waals surface area contributed by atoms with Gasteiger partial charge in [0.2, 0.25) is 5.91 Å². The predicted molar refractivity (Wildman–Crippen MR) is 91.3 cm³/mol. The predicted octanol–water partition coefficient (Wildman–Crippen LogP) is 2.08. The van der Waals surface area contributed by atoms with E-state index < -0.39 is 5.60 Å². The lowest BCUT2D eigenvalue weighted by atomic mass is 9.84. The van der Waals surface area contributed by atoms with E-state index in [1.807, 2.05) is 20.8 Å². The quantitative estimate of drug-likeness (QED) is 0.812. The van der Waals surface area contributed by atoms with Crippen molar-refractivity contribution in [2.75, 3.05) is 26.2 Å². The largest absolute Gasteiger partial charge is 0.389 e. The number of aliphatic hydroxyl groups is 1. The molecule has 1 saturated carbocycles. The van der Waals surface area contributed by atoms with E-state index in [1.54, 1.807) is 0 Å². The molecule has 0 aromatic heterocycles. The van der Waals surface area contributed by atoms with Gasteiger partial charge in [0.1, 0.15) is 6.61 Å². The van der Waals surface area contributed by atoms with Crippen LogP contribution in [0.4, 0.5) is 0 Å². The third-order valence-corrected chi connectivity index (χ3v) is 4.89. The molecule has 2 aliphatic rings. The van der Waals surface area contributed by atoms with Crippen LogP contribution in [0.5, 0.6) is 0 Å². The molecule has 1 heterocycles. The highest BCUT2D eigenvalue weighted by atomic mass is 16.5. The second-order valence-electron chi connectivity index (χ2n) is 8.30. The number of likely N-dealkylation sites (tertiary alicyclic amines) is 1. The monoisotopic (exact) mass is 326 g/mol. The standard InChI is InChI=1S/C18H34N2O3/c1-17(2,3)23-13-16(21)19-15-7-11-20(12-8-15)14-18(22)9-5-4-6-10-18/h15,22H,4-14H2,1-3H3,(H,19,21). The van der Waals surface area contributed by atoms with Crippen molar-refractivity contribution in [1.29, 1.82) is 0 Å². The fraction of sp³-hybridized carbons (Fsp3) is 0.944. The summed E-state index contributed by atoms with van der Waals surface area (Å²) in [5.74, 6) is -0.0238. The van der Waals surface area contributed by atoms with Gasteiger partial charge < -0.3 is 20.1 Å². The molecule has 2 N–H and O–H groups in total. The van der Waals surface area contributed by atoms with E-state index in [1.165, 1.54) is 6.42 Å². The fourth-order valence-corrected chi connectivity index (χ4v) is 3.57. The van der Waals surface area contributed by atoms with Crippen LogP contribution in [-0.2, 0) is 9.53 Å². The van der Waals surface area contributed by atoms with Crippen LogP contribution >= 0.6 is 0 Å². The Morgan fingerprint density at radius 1 is 1.22 bits per heavy atom. The van der Waals surface area contributed by atoms with E-state index in [4.69, 9.17) is 4.74 Å². The van der Waals surface area contributed by atoms with Gasteiger partial charge in [-0.2, -0.15) is 0 Å². The molecule has 1 saturated heterocycles. The number of hydrogen-bond donors (Lipinski definition) is 2. The normalized spacial score (nSPS) is 23.7. The Labute approximate surface area is 140 Å². The molecule has 0 aromatic carbocycles. The highest BCUT2D eigenvalue weighted by molar-refractivity contribution is 5.77. The van der Waals surface area contributed by atoms with Crippen LogP contribution < -0.4 is 5.32 Å². The van der Waals surface area contributed by atoms with E-state index in [-0.39, 0.29) is 24.2 Å². The summed E-state index contributed by atoms with van der Waals surface area (Å²) in [6, 6.07) is 0.239. The highest BCUT2D eigenvalue weighted by Crippen LogP contribution is 2.29. The summed E-state index contributed by atoms with van der Waals surface area (Å²) in [4.78, 5) is 14.3. The van der Waals surface area contributed by atoms with Crippen molar-refractivity contribution in [3.05, 3.63) is 0 Å². The van der Waals surface area contributed by atoms with Gasteiger partial charge in [-0.25, -0.2) is 0 Å². The molecule has 0 bridgehead atoms. The molecule has 23 heavy (non-hydrogen) atoms. The van der Waals surface area contributed by atoms with Gasteiger partial charge in [0, 0.05) is 25.7 Å². The third-order valence-electron chi connectivity index (χ3n) is 4.89. The van der Waals surface area contributed by atoms with E-state index in [0.717, 1.165) is 58.2 Å². The van der Waals surface area contributed by atoms with E-state index in [0.29, 0.717) is 0 Å². The molecule has 0 aromatic rings. The Bertz CT molecular complexity index is 378. The molecule has 0 atom stereocenters. The van der Waals surface area contributed by atoms with Crippen molar-refractivity contribution in [3.8, 4) is 0 Å². The number of β-amino-alcohol motifs (C(OH)–C–C–N with tert-alkyl or cyclic N) is 1. The second kappa shape index (κ2) is 7.95. The number of amides is 1. The lowest BCUT2D eigenvalue weighted by Crippen LogP contribution is -2.51. The number of nitrogens with one attached hydrogen (secondary N) is 1. The lowest BCUT2D eigenvalue weighted by Gasteiger charge is -2.40. The first-order valence-corrected chi connectivity index (χ1v) is 9.14. The molecular weight excluding hydrogens is 292 g/mol. The zero-order chi connectivity index (χ0) is 16.9. The zero-order valence-electron chi connectivity index (χ0n) is 15.1. The zero-order valence-corrected chi connectivity index (χ0v) is 15.1. The Kier molecular flexibility index (Phi) is 6.46. The van der Waals surface area contributed by atoms with E-state index in [2.05, 4.69) is 10.2 Å². The number of ether oxygens (including phenoxy) is 1. The molecule has 1 aliphatic heterocycles. The SMILES string of the molecule is CC(C)(C)OCC(=O)NC1CCN(CC2(O)CCCCC2)CC1. The summed E-state index contributed by atoms with van der Waals surface area (Å²) in [6.45, 7) is 8.68. The Morgan fingerprint density at radius 3 is 2.39 bits per heavy atom. The molecule has 5 nitrogen and oxygen atoms in total. The minimum absolute atomic E-state index is 0.0238. The maximum absolute atomic E-state index is 11.9. The van der Waals surface area contributed by atoms with Crippen molar-refractivity contribution in [1.82, 2.24) is 10.2 Å². The molecule has 0 unspecified atom stereocenters. The van der Waals surface area contributed by atoms with Crippen molar-refractivity contribution >= 4 is 5.91 Å². The van der Waals surface area contributed by atoms with Crippen molar-refractivity contribution in [2.45, 2.75) is 83.0 Å². The summed E-state index contributed by atoms with van der Waals surface area (Å²) in [5.41, 5.74) is -0.759. The van der Waals surface area contributed by atoms with Gasteiger partial charge in [-0.1, -0.05) is 19.3 Å². The Morgan fingerprint density at radius 2 is 1.83 bits per heavy atom. The molecule has 0 spiro atoms. The Balaban J connectivity index is 1.66. The number of rotatable bonds is 5. The first-order valence-electron chi connectivity index (χ1n) is 9.14. The van der Waals surface area contributed by atoms with Crippen molar-refractivity contribution < 1.29 is 14.6 Å². The van der Waals surface area contributed by atoms with Crippen LogP contribution in [0.15, 0.2) is 0 Å². The topological polar surface area (TPSA) is 61.8 Å². The van der Waals surface area contributed by atoms with Gasteiger partial charge in [0.15, 0.2) is 0 Å². The number of piperidine rings is 1. The summed E-state index contributed by atoms with van der Waals surface area (Å²) in [5, 5.41) is 13.7. The summed E-state index contributed by atoms with van der Waals surface area (Å²) < 4.78 is 5.51. The first kappa shape index (κ1) is 18.7. The minimum atomic E-state index is -0.477. The van der Waals surface area contributed by atoms with Gasteiger partial charge in [-0.3, -0.25) is 4.79 Å². The third kappa shape index (κ3) is 6.77. The molecule has 134 valence electrons. The van der Waals surface area contributed by atoms with Crippen LogP contribution in [-0.4, -0.2) is 59.4 Å². The first-order chi connectivity index (χ1) is 10.8. The highest BCUT2D eigenvalue weighted by Gasteiger charge is 2.32. The van der Waals surface area contributed by atoms with Crippen LogP contribution in [0.25, 0.3) is 0 Å². The van der Waals surface area contributed by atoms with Gasteiger partial charge >= 0.3 is 0 Å². The van der Waals surface area contributed by atoms with Crippen LogP contribution in [0.1, 0.15) is 65.7 Å². The van der Waals surface area contributed by atoms with Gasteiger partial charge in [-0.05, 0) is 46.5 Å². The van der Waals surface area contributed by atoms with Crippen molar-refractivity contribution in [2.24, 2.45) is 0 Å². The van der Waals surface area contributed by atoms with E-state index >= 15 is 0 Å². The average molecular weight is 326 g/mol. The molecule has 5 heteroatoms. The molecular formula is C18H34N2O3. The number of hydrogen-bond acceptors (Lipinski definition) is 4. The van der Waals surface area contributed by atoms with Crippen molar-refractivity contribution in [3.63, 3.8) is 0 Å². The van der Waals surface area contributed by atoms with Crippen LogP contribution in [0, 0.1) is 0 Å². The summed E-state index contributed by atoms with van der Waals surface area (Å²) >= 11 is 0. The number of carbonyl (C=O) groups is 1.